The van der Waals surface area contributed by atoms with Gasteiger partial charge < -0.3 is 20.7 Å². The molecule has 0 radical (unpaired) electrons. The van der Waals surface area contributed by atoms with Gasteiger partial charge in [-0.15, -0.1) is 0 Å². The Hall–Kier alpha value is -3.79. The molecule has 2 aliphatic rings. The molecule has 1 aromatic heterocycles. The van der Waals surface area contributed by atoms with Gasteiger partial charge in [-0.25, -0.2) is 17.6 Å². The number of benzene rings is 2. The van der Waals surface area contributed by atoms with E-state index in [1.807, 2.05) is 0 Å². The molecule has 2 aromatic carbocycles. The number of amides is 2. The summed E-state index contributed by atoms with van der Waals surface area (Å²) in [4.78, 5) is 30.0. The molecule has 48 heavy (non-hydrogen) atoms. The number of carbonyl (C=O) groups excluding carboxylic acids is 2. The fourth-order valence-electron chi connectivity index (χ4n) is 6.23. The Bertz CT molecular complexity index is 1750. The highest BCUT2D eigenvalue weighted by molar-refractivity contribution is 7.89. The standard InChI is InChI=1S/C32H34ClF4N5O5S/c1-47-31(44)41-29(28(19-7-9-21(33)10-8-19)20-13-14-38-27(16-20)32(35,36)37)30(43)40-26-6-2-5-25(34)24(26)12-11-23-17-39-22-4-3-15-48(45,46)42(23)18-22/h2,5-10,13-14,16,22-23,28-29,39H,3-4,11-12,15,17-18H2,1H3,(H,40,43)(H,41,44)/t22?,23?,28-,29-/m0/s1. The van der Waals surface area contributed by atoms with Crippen molar-refractivity contribution in [2.45, 2.75) is 55.9 Å². The molecule has 0 aliphatic carbocycles. The normalized spacial score (nSPS) is 21.8. The van der Waals surface area contributed by atoms with Gasteiger partial charge in [-0.1, -0.05) is 29.8 Å². The number of nitrogens with one attached hydrogen (secondary N) is 3. The Morgan fingerprint density at radius 1 is 1.15 bits per heavy atom. The van der Waals surface area contributed by atoms with Crippen LogP contribution in [0.1, 0.15) is 47.6 Å². The second-order valence-corrected chi connectivity index (χ2v) is 14.2. The van der Waals surface area contributed by atoms with Crippen LogP contribution in [0.4, 0.5) is 28.0 Å². The first-order chi connectivity index (χ1) is 22.8. The number of hydrogen-bond donors (Lipinski definition) is 3. The molecule has 2 amide bonds. The zero-order valence-electron chi connectivity index (χ0n) is 25.8. The van der Waals surface area contributed by atoms with E-state index in [4.69, 9.17) is 16.3 Å². The number of nitrogens with zero attached hydrogens (tertiary/aromatic N) is 2. The molecule has 2 fully saturated rings. The summed E-state index contributed by atoms with van der Waals surface area (Å²) in [6.45, 7) is 0.714. The van der Waals surface area contributed by atoms with Crippen LogP contribution in [-0.4, -0.2) is 73.8 Å². The number of ether oxygens (including phenoxy) is 1. The predicted octanol–water partition coefficient (Wildman–Crippen LogP) is 5.09. The number of carbonyl (C=O) groups is 2. The number of alkyl carbamates (subject to hydrolysis) is 1. The summed E-state index contributed by atoms with van der Waals surface area (Å²) < 4.78 is 88.6. The first kappa shape index (κ1) is 35.5. The van der Waals surface area contributed by atoms with E-state index in [-0.39, 0.29) is 41.5 Å². The smallest absolute Gasteiger partial charge is 0.433 e. The summed E-state index contributed by atoms with van der Waals surface area (Å²) in [5.41, 5.74) is -0.728. The number of hydrogen-bond acceptors (Lipinski definition) is 7. The molecule has 0 spiro atoms. The summed E-state index contributed by atoms with van der Waals surface area (Å²) in [5.74, 6) is -2.70. The predicted molar refractivity (Wildman–Crippen MR) is 171 cm³/mol. The maximum absolute atomic E-state index is 15.4. The number of aromatic nitrogens is 1. The van der Waals surface area contributed by atoms with Crippen LogP contribution >= 0.6 is 11.6 Å². The number of fused-ring (bicyclic) bond motifs is 2. The Morgan fingerprint density at radius 3 is 2.60 bits per heavy atom. The lowest BCUT2D eigenvalue weighted by Gasteiger charge is -2.37. The van der Waals surface area contributed by atoms with Crippen molar-refractivity contribution >= 4 is 39.3 Å². The number of rotatable bonds is 9. The van der Waals surface area contributed by atoms with Crippen molar-refractivity contribution in [3.8, 4) is 0 Å². The number of anilines is 1. The van der Waals surface area contributed by atoms with E-state index in [0.29, 0.717) is 30.1 Å². The van der Waals surface area contributed by atoms with Gasteiger partial charge in [-0.3, -0.25) is 9.78 Å². The summed E-state index contributed by atoms with van der Waals surface area (Å²) in [7, 11) is -2.43. The largest absolute Gasteiger partial charge is 0.453 e. The third-order valence-corrected chi connectivity index (χ3v) is 10.8. The van der Waals surface area contributed by atoms with E-state index < -0.39 is 57.7 Å². The number of piperazine rings is 1. The topological polar surface area (TPSA) is 130 Å². The first-order valence-corrected chi connectivity index (χ1v) is 17.2. The van der Waals surface area contributed by atoms with Crippen molar-refractivity contribution in [2.75, 3.05) is 31.3 Å². The molecule has 2 aliphatic heterocycles. The molecule has 2 bridgehead atoms. The zero-order chi connectivity index (χ0) is 34.6. The summed E-state index contributed by atoms with van der Waals surface area (Å²) >= 11 is 6.07. The minimum absolute atomic E-state index is 0.00238. The second-order valence-electron chi connectivity index (χ2n) is 11.7. The summed E-state index contributed by atoms with van der Waals surface area (Å²) in [6, 6.07) is 10.1. The quantitative estimate of drug-likeness (QED) is 0.264. The number of pyridine rings is 1. The van der Waals surface area contributed by atoms with E-state index in [0.717, 1.165) is 25.8 Å². The van der Waals surface area contributed by atoms with E-state index in [1.165, 1.54) is 52.8 Å². The molecule has 3 aromatic rings. The fraction of sp³-hybridized carbons (Fsp3) is 0.406. The van der Waals surface area contributed by atoms with Gasteiger partial charge in [0.2, 0.25) is 15.9 Å². The first-order valence-electron chi connectivity index (χ1n) is 15.2. The van der Waals surface area contributed by atoms with Gasteiger partial charge in [0.1, 0.15) is 17.6 Å². The van der Waals surface area contributed by atoms with Gasteiger partial charge in [0, 0.05) is 53.6 Å². The average Bonchev–Trinajstić information content (AvgIpc) is 3.16. The second kappa shape index (κ2) is 14.8. The van der Waals surface area contributed by atoms with Crippen LogP contribution in [0.2, 0.25) is 5.02 Å². The van der Waals surface area contributed by atoms with Crippen LogP contribution in [0.25, 0.3) is 0 Å². The molecular formula is C32H34ClF4N5O5S. The number of sulfonamides is 1. The summed E-state index contributed by atoms with van der Waals surface area (Å²) in [5, 5.41) is 8.78. The van der Waals surface area contributed by atoms with Crippen LogP contribution in [0.5, 0.6) is 0 Å². The molecule has 5 atom stereocenters. The number of alkyl halides is 3. The number of methoxy groups -OCH3 is 1. The Morgan fingerprint density at radius 2 is 1.90 bits per heavy atom. The Kier molecular flexibility index (Phi) is 10.9. The minimum Gasteiger partial charge on any atom is -0.453 e. The Labute approximate surface area is 280 Å². The van der Waals surface area contributed by atoms with Gasteiger partial charge in [-0.05, 0) is 73.2 Å². The molecule has 16 heteroatoms. The molecule has 2 saturated heterocycles. The van der Waals surface area contributed by atoms with Gasteiger partial charge in [0.15, 0.2) is 0 Å². The number of halogens is 5. The van der Waals surface area contributed by atoms with Crippen molar-refractivity contribution in [1.82, 2.24) is 19.9 Å². The highest BCUT2D eigenvalue weighted by atomic mass is 35.5. The molecule has 0 saturated carbocycles. The minimum atomic E-state index is -4.80. The molecule has 3 unspecified atom stereocenters. The zero-order valence-corrected chi connectivity index (χ0v) is 27.3. The molecule has 5 rings (SSSR count). The van der Waals surface area contributed by atoms with Crippen molar-refractivity contribution in [3.63, 3.8) is 0 Å². The van der Waals surface area contributed by atoms with Crippen LogP contribution in [0.3, 0.4) is 0 Å². The SMILES string of the molecule is COC(=O)N[C@H](C(=O)Nc1cccc(F)c1CCC1CNC2CCCS(=O)(=O)N1C2)[C@@H](c1ccc(Cl)cc1)c1ccnc(C(F)(F)F)c1. The third-order valence-electron chi connectivity index (χ3n) is 8.60. The van der Waals surface area contributed by atoms with Crippen molar-refractivity contribution in [2.24, 2.45) is 0 Å². The van der Waals surface area contributed by atoms with Gasteiger partial charge in [-0.2, -0.15) is 17.5 Å². The van der Waals surface area contributed by atoms with E-state index in [9.17, 15) is 31.2 Å². The van der Waals surface area contributed by atoms with E-state index >= 15 is 4.39 Å². The van der Waals surface area contributed by atoms with Gasteiger partial charge in [0.05, 0.1) is 12.9 Å². The van der Waals surface area contributed by atoms with Crippen LogP contribution in [0, 0.1) is 5.82 Å². The molecule has 3 heterocycles. The van der Waals surface area contributed by atoms with Crippen LogP contribution in [-0.2, 0) is 32.2 Å². The lowest BCUT2D eigenvalue weighted by molar-refractivity contribution is -0.141. The van der Waals surface area contributed by atoms with Crippen LogP contribution < -0.4 is 16.0 Å². The lowest BCUT2D eigenvalue weighted by Crippen LogP contribution is -2.57. The maximum atomic E-state index is 15.4. The van der Waals surface area contributed by atoms with Gasteiger partial charge in [0.25, 0.3) is 0 Å². The monoisotopic (exact) mass is 711 g/mol. The molecule has 258 valence electrons. The molecular weight excluding hydrogens is 678 g/mol. The van der Waals surface area contributed by atoms with Crippen molar-refractivity contribution in [3.05, 3.63) is 94.0 Å². The third kappa shape index (κ3) is 8.25. The van der Waals surface area contributed by atoms with E-state index in [2.05, 4.69) is 20.9 Å². The molecule has 10 nitrogen and oxygen atoms in total. The van der Waals surface area contributed by atoms with Crippen molar-refractivity contribution < 1.29 is 40.3 Å². The fourth-order valence-corrected chi connectivity index (χ4v) is 8.16. The highest BCUT2D eigenvalue weighted by Crippen LogP contribution is 2.35. The Balaban J connectivity index is 1.47. The maximum Gasteiger partial charge on any atom is 0.433 e. The lowest BCUT2D eigenvalue weighted by atomic mass is 9.84. The van der Waals surface area contributed by atoms with Gasteiger partial charge >= 0.3 is 12.3 Å². The van der Waals surface area contributed by atoms with Crippen LogP contribution in [0.15, 0.2) is 60.8 Å². The van der Waals surface area contributed by atoms with Crippen molar-refractivity contribution in [1.29, 1.82) is 0 Å². The molecule has 3 N–H and O–H groups in total. The average molecular weight is 712 g/mol. The van der Waals surface area contributed by atoms with E-state index in [1.54, 1.807) is 0 Å². The highest BCUT2D eigenvalue weighted by Gasteiger charge is 2.39. The summed E-state index contributed by atoms with van der Waals surface area (Å²) in [6.07, 6.45) is -3.31.